The highest BCUT2D eigenvalue weighted by atomic mass is 19.2. The first-order valence-corrected chi connectivity index (χ1v) is 3.68. The molecule has 7 heteroatoms. The Hall–Kier alpha value is -1.92. The van der Waals surface area contributed by atoms with E-state index in [1.807, 2.05) is 0 Å². The van der Waals surface area contributed by atoms with Crippen LogP contribution in [0.3, 0.4) is 0 Å². The molecule has 0 saturated carbocycles. The predicted molar refractivity (Wildman–Crippen MR) is 40.7 cm³/mol. The van der Waals surface area contributed by atoms with E-state index < -0.39 is 41.3 Å². The van der Waals surface area contributed by atoms with Crippen molar-refractivity contribution in [1.82, 2.24) is 4.98 Å². The first kappa shape index (κ1) is 11.2. The summed E-state index contributed by atoms with van der Waals surface area (Å²) < 4.78 is 38.2. The Morgan fingerprint density at radius 1 is 1.33 bits per heavy atom. The van der Waals surface area contributed by atoms with Gasteiger partial charge >= 0.3 is 5.97 Å². The summed E-state index contributed by atoms with van der Waals surface area (Å²) in [5.41, 5.74) is -1.22. The molecular formula is C8H4F3NO3. The van der Waals surface area contributed by atoms with Crippen LogP contribution in [0.1, 0.15) is 16.8 Å². The fourth-order valence-corrected chi connectivity index (χ4v) is 0.924. The summed E-state index contributed by atoms with van der Waals surface area (Å²) in [6.07, 6.45) is -0.801. The standard InChI is InChI=1S/C8H4F3NO3/c9-3-2-12-8(11)7(10)6(3)4(13)1-5(14)15/h2H,1H2,(H,14,15). The van der Waals surface area contributed by atoms with Crippen LogP contribution in [-0.4, -0.2) is 21.8 Å². The highest BCUT2D eigenvalue weighted by Gasteiger charge is 2.23. The first-order chi connectivity index (χ1) is 6.93. The van der Waals surface area contributed by atoms with Crippen LogP contribution < -0.4 is 0 Å². The molecule has 1 N–H and O–H groups in total. The molecule has 1 aromatic rings. The average Bonchev–Trinajstić information content (AvgIpc) is 2.11. The lowest BCUT2D eigenvalue weighted by Crippen LogP contribution is -2.13. The molecule has 0 atom stereocenters. The molecule has 0 amide bonds. The number of carbonyl (C=O) groups excluding carboxylic acids is 1. The molecule has 0 saturated heterocycles. The summed E-state index contributed by atoms with van der Waals surface area (Å²) in [6.45, 7) is 0. The number of aliphatic carboxylic acids is 1. The monoisotopic (exact) mass is 219 g/mol. The molecule has 4 nitrogen and oxygen atoms in total. The van der Waals surface area contributed by atoms with Gasteiger partial charge < -0.3 is 5.11 Å². The number of halogens is 3. The van der Waals surface area contributed by atoms with E-state index in [9.17, 15) is 22.8 Å². The zero-order valence-electron chi connectivity index (χ0n) is 7.13. The van der Waals surface area contributed by atoms with Gasteiger partial charge in [-0.2, -0.15) is 4.39 Å². The summed E-state index contributed by atoms with van der Waals surface area (Å²) in [5, 5.41) is 8.22. The van der Waals surface area contributed by atoms with Crippen LogP contribution in [0.2, 0.25) is 0 Å². The number of carboxylic acid groups (broad SMARTS) is 1. The van der Waals surface area contributed by atoms with Gasteiger partial charge in [0.2, 0.25) is 5.95 Å². The van der Waals surface area contributed by atoms with Crippen LogP contribution in [0.15, 0.2) is 6.20 Å². The molecule has 0 spiro atoms. The molecular weight excluding hydrogens is 215 g/mol. The van der Waals surface area contributed by atoms with Crippen molar-refractivity contribution in [1.29, 1.82) is 0 Å². The topological polar surface area (TPSA) is 67.3 Å². The summed E-state index contributed by atoms with van der Waals surface area (Å²) in [7, 11) is 0. The van der Waals surface area contributed by atoms with Gasteiger partial charge in [0.05, 0.1) is 11.8 Å². The molecule has 80 valence electrons. The van der Waals surface area contributed by atoms with E-state index in [1.54, 1.807) is 0 Å². The molecule has 0 aliphatic heterocycles. The molecule has 15 heavy (non-hydrogen) atoms. The highest BCUT2D eigenvalue weighted by Crippen LogP contribution is 2.15. The van der Waals surface area contributed by atoms with Crippen LogP contribution in [-0.2, 0) is 4.79 Å². The normalized spacial score (nSPS) is 10.1. The zero-order valence-corrected chi connectivity index (χ0v) is 7.13. The van der Waals surface area contributed by atoms with E-state index in [-0.39, 0.29) is 0 Å². The Bertz CT molecular complexity index is 433. The maximum absolute atomic E-state index is 12.9. The second-order valence-corrected chi connectivity index (χ2v) is 2.58. The third-order valence-electron chi connectivity index (χ3n) is 1.52. The fourth-order valence-electron chi connectivity index (χ4n) is 0.924. The summed E-state index contributed by atoms with van der Waals surface area (Å²) in [6, 6.07) is 0. The number of carbonyl (C=O) groups is 2. The SMILES string of the molecule is O=C(O)CC(=O)c1c(F)cnc(F)c1F. The molecule has 1 aromatic heterocycles. The Balaban J connectivity index is 3.18. The van der Waals surface area contributed by atoms with Gasteiger partial charge in [-0.3, -0.25) is 9.59 Å². The smallest absolute Gasteiger partial charge is 0.311 e. The maximum atomic E-state index is 12.9. The van der Waals surface area contributed by atoms with Crippen LogP contribution in [0.4, 0.5) is 13.2 Å². The molecule has 0 radical (unpaired) electrons. The predicted octanol–water partition coefficient (Wildman–Crippen LogP) is 1.16. The number of pyridine rings is 1. The third-order valence-corrected chi connectivity index (χ3v) is 1.52. The van der Waals surface area contributed by atoms with E-state index in [2.05, 4.69) is 4.98 Å². The van der Waals surface area contributed by atoms with Gasteiger partial charge in [-0.15, -0.1) is 0 Å². The van der Waals surface area contributed by atoms with E-state index in [0.29, 0.717) is 6.20 Å². The van der Waals surface area contributed by atoms with Crippen molar-refractivity contribution in [3.63, 3.8) is 0 Å². The van der Waals surface area contributed by atoms with Crippen molar-refractivity contribution in [2.75, 3.05) is 0 Å². The lowest BCUT2D eigenvalue weighted by atomic mass is 10.1. The number of Topliss-reactive ketones (excluding diaryl/α,β-unsaturated/α-hetero) is 1. The third kappa shape index (κ3) is 2.30. The number of aromatic nitrogens is 1. The van der Waals surface area contributed by atoms with E-state index in [0.717, 1.165) is 0 Å². The number of hydrogen-bond donors (Lipinski definition) is 1. The Labute approximate surface area is 81.4 Å². The van der Waals surface area contributed by atoms with E-state index in [1.165, 1.54) is 0 Å². The summed E-state index contributed by atoms with van der Waals surface area (Å²) in [4.78, 5) is 23.8. The van der Waals surface area contributed by atoms with Gasteiger partial charge in [0, 0.05) is 0 Å². The van der Waals surface area contributed by atoms with Crippen molar-refractivity contribution in [3.05, 3.63) is 29.3 Å². The quantitative estimate of drug-likeness (QED) is 0.470. The van der Waals surface area contributed by atoms with Crippen molar-refractivity contribution in [2.45, 2.75) is 6.42 Å². The molecule has 0 aliphatic carbocycles. The Morgan fingerprint density at radius 2 is 1.93 bits per heavy atom. The summed E-state index contributed by atoms with van der Waals surface area (Å²) >= 11 is 0. The van der Waals surface area contributed by atoms with Crippen LogP contribution >= 0.6 is 0 Å². The van der Waals surface area contributed by atoms with Crippen LogP contribution in [0, 0.1) is 17.6 Å². The number of rotatable bonds is 3. The van der Waals surface area contributed by atoms with Gasteiger partial charge in [-0.25, -0.2) is 13.8 Å². The largest absolute Gasteiger partial charge is 0.481 e. The Kier molecular flexibility index (Phi) is 3.03. The van der Waals surface area contributed by atoms with Crippen molar-refractivity contribution < 1.29 is 27.9 Å². The molecule has 0 bridgehead atoms. The van der Waals surface area contributed by atoms with Crippen molar-refractivity contribution in [3.8, 4) is 0 Å². The van der Waals surface area contributed by atoms with Gasteiger partial charge in [0.25, 0.3) is 0 Å². The van der Waals surface area contributed by atoms with Crippen LogP contribution in [0.25, 0.3) is 0 Å². The second kappa shape index (κ2) is 4.07. The lowest BCUT2D eigenvalue weighted by Gasteiger charge is -2.01. The molecule has 0 fully saturated rings. The molecule has 0 aliphatic rings. The Morgan fingerprint density at radius 3 is 2.47 bits per heavy atom. The van der Waals surface area contributed by atoms with Gasteiger partial charge in [-0.05, 0) is 0 Å². The molecule has 0 unspecified atom stereocenters. The van der Waals surface area contributed by atoms with Gasteiger partial charge in [-0.1, -0.05) is 0 Å². The fraction of sp³-hybridized carbons (Fsp3) is 0.125. The number of hydrogen-bond acceptors (Lipinski definition) is 3. The number of ketones is 1. The molecule has 1 rings (SSSR count). The van der Waals surface area contributed by atoms with Crippen LogP contribution in [0.5, 0.6) is 0 Å². The second-order valence-electron chi connectivity index (χ2n) is 2.58. The lowest BCUT2D eigenvalue weighted by molar-refractivity contribution is -0.135. The van der Waals surface area contributed by atoms with Crippen molar-refractivity contribution >= 4 is 11.8 Å². The minimum absolute atomic E-state index is 0.313. The van der Waals surface area contributed by atoms with E-state index >= 15 is 0 Å². The molecule has 0 aromatic carbocycles. The first-order valence-electron chi connectivity index (χ1n) is 3.68. The minimum atomic E-state index is -1.78. The van der Waals surface area contributed by atoms with Crippen molar-refractivity contribution in [2.24, 2.45) is 0 Å². The average molecular weight is 219 g/mol. The van der Waals surface area contributed by atoms with Gasteiger partial charge in [0.1, 0.15) is 6.42 Å². The zero-order chi connectivity index (χ0) is 11.6. The minimum Gasteiger partial charge on any atom is -0.481 e. The highest BCUT2D eigenvalue weighted by molar-refractivity contribution is 6.05. The maximum Gasteiger partial charge on any atom is 0.311 e. The molecule has 1 heterocycles. The number of nitrogens with zero attached hydrogens (tertiary/aromatic N) is 1. The van der Waals surface area contributed by atoms with Gasteiger partial charge in [0.15, 0.2) is 17.4 Å². The summed E-state index contributed by atoms with van der Waals surface area (Å²) in [5.74, 6) is -7.72. The van der Waals surface area contributed by atoms with E-state index in [4.69, 9.17) is 5.11 Å². The number of carboxylic acids is 1.